The highest BCUT2D eigenvalue weighted by molar-refractivity contribution is 5.95. The van der Waals surface area contributed by atoms with Crippen LogP contribution < -0.4 is 10.6 Å². The molecule has 0 aliphatic heterocycles. The highest BCUT2D eigenvalue weighted by Gasteiger charge is 2.67. The molecule has 0 aliphatic carbocycles. The van der Waals surface area contributed by atoms with E-state index in [1.165, 1.54) is 10.6 Å². The molecule has 0 spiro atoms. The Morgan fingerprint density at radius 2 is 1.00 bits per heavy atom. The summed E-state index contributed by atoms with van der Waals surface area (Å²) in [7, 11) is 0. The summed E-state index contributed by atoms with van der Waals surface area (Å²) in [6.07, 6.45) is -2.50. The lowest BCUT2D eigenvalue weighted by Crippen LogP contribution is -2.62. The summed E-state index contributed by atoms with van der Waals surface area (Å²) in [5, 5.41) is 21.2. The summed E-state index contributed by atoms with van der Waals surface area (Å²) in [6.45, 7) is 4.59. The van der Waals surface area contributed by atoms with Gasteiger partial charge in [-0.25, -0.2) is 0 Å². The molecule has 4 unspecified atom stereocenters. The van der Waals surface area contributed by atoms with Gasteiger partial charge in [0, 0.05) is 0 Å². The highest BCUT2D eigenvalue weighted by atomic mass is 19.3. The van der Waals surface area contributed by atoms with Crippen molar-refractivity contribution in [1.82, 2.24) is 10.6 Å². The predicted molar refractivity (Wildman–Crippen MR) is 68.5 cm³/mol. The Kier molecular flexibility index (Phi) is 6.76. The number of carbonyl (C=O) groups is 2. The lowest BCUT2D eigenvalue weighted by Gasteiger charge is -2.28. The molecule has 0 radical (unpaired) electrons. The van der Waals surface area contributed by atoms with Crippen molar-refractivity contribution in [2.24, 2.45) is 0 Å². The maximum Gasteiger partial charge on any atom is 0.395 e. The number of halogens is 4. The van der Waals surface area contributed by atoms with Crippen LogP contribution in [0.1, 0.15) is 27.7 Å². The van der Waals surface area contributed by atoms with Crippen LogP contribution >= 0.6 is 0 Å². The highest BCUT2D eigenvalue weighted by Crippen LogP contribution is 2.35. The van der Waals surface area contributed by atoms with E-state index < -0.39 is 48.0 Å². The molecule has 0 bridgehead atoms. The van der Waals surface area contributed by atoms with Gasteiger partial charge in [0.05, 0.1) is 24.3 Å². The third-order valence-electron chi connectivity index (χ3n) is 3.13. The van der Waals surface area contributed by atoms with Crippen LogP contribution in [0, 0.1) is 0 Å². The topological polar surface area (TPSA) is 98.7 Å². The van der Waals surface area contributed by atoms with Gasteiger partial charge >= 0.3 is 11.8 Å². The molecule has 0 saturated carbocycles. The van der Waals surface area contributed by atoms with Gasteiger partial charge in [-0.2, -0.15) is 17.6 Å². The molecule has 22 heavy (non-hydrogen) atoms. The molecule has 10 heteroatoms. The van der Waals surface area contributed by atoms with Gasteiger partial charge in [0.2, 0.25) is 0 Å². The van der Waals surface area contributed by atoms with E-state index in [0.29, 0.717) is 0 Å². The minimum atomic E-state index is -5.32. The number of carbonyl (C=O) groups excluding carboxylic acids is 2. The van der Waals surface area contributed by atoms with Gasteiger partial charge in [0.1, 0.15) is 0 Å². The molecule has 0 rings (SSSR count). The van der Waals surface area contributed by atoms with Crippen LogP contribution in [0.15, 0.2) is 0 Å². The standard InChI is InChI=1S/C12H20F4N2O4/c1-5(7(3)19)17-9(21)11(13,14)12(15,16)10(22)18-6(2)8(4)20/h5-8,19-20H,1-4H3,(H,17,21)(H,18,22). The van der Waals surface area contributed by atoms with E-state index in [1.54, 1.807) is 0 Å². The third-order valence-corrected chi connectivity index (χ3v) is 3.13. The van der Waals surface area contributed by atoms with Crippen LogP contribution in [0.5, 0.6) is 0 Å². The minimum absolute atomic E-state index is 1.13. The van der Waals surface area contributed by atoms with Crippen LogP contribution in [0.25, 0.3) is 0 Å². The Balaban J connectivity index is 5.14. The summed E-state index contributed by atoms with van der Waals surface area (Å²) in [6, 6.07) is -2.43. The fourth-order valence-electron chi connectivity index (χ4n) is 1.12. The molecule has 4 atom stereocenters. The van der Waals surface area contributed by atoms with E-state index in [9.17, 15) is 27.2 Å². The van der Waals surface area contributed by atoms with Crippen LogP contribution in [-0.2, 0) is 9.59 Å². The van der Waals surface area contributed by atoms with Gasteiger partial charge in [-0.05, 0) is 27.7 Å². The first-order chi connectivity index (χ1) is 9.75. The second-order valence-corrected chi connectivity index (χ2v) is 5.15. The van der Waals surface area contributed by atoms with Gasteiger partial charge < -0.3 is 20.8 Å². The fourth-order valence-corrected chi connectivity index (χ4v) is 1.12. The van der Waals surface area contributed by atoms with E-state index in [2.05, 4.69) is 0 Å². The molecular formula is C12H20F4N2O4. The third kappa shape index (κ3) is 4.54. The first-order valence-corrected chi connectivity index (χ1v) is 6.48. The van der Waals surface area contributed by atoms with Gasteiger partial charge in [-0.3, -0.25) is 9.59 Å². The Bertz CT molecular complexity index is 378. The summed E-state index contributed by atoms with van der Waals surface area (Å²) < 4.78 is 54.2. The number of aliphatic hydroxyl groups excluding tert-OH is 2. The van der Waals surface area contributed by atoms with Crippen molar-refractivity contribution >= 4 is 11.8 Å². The maximum absolute atomic E-state index is 13.6. The largest absolute Gasteiger partial charge is 0.395 e. The molecule has 0 heterocycles. The smallest absolute Gasteiger partial charge is 0.391 e. The lowest BCUT2D eigenvalue weighted by molar-refractivity contribution is -0.212. The van der Waals surface area contributed by atoms with Crippen molar-refractivity contribution in [3.63, 3.8) is 0 Å². The van der Waals surface area contributed by atoms with Crippen molar-refractivity contribution in [2.45, 2.75) is 63.8 Å². The molecule has 6 nitrogen and oxygen atoms in total. The van der Waals surface area contributed by atoms with E-state index >= 15 is 0 Å². The van der Waals surface area contributed by atoms with E-state index in [4.69, 9.17) is 10.2 Å². The van der Waals surface area contributed by atoms with Gasteiger partial charge in [-0.15, -0.1) is 0 Å². The maximum atomic E-state index is 13.6. The molecular weight excluding hydrogens is 312 g/mol. The number of alkyl halides is 4. The molecule has 2 amide bonds. The molecule has 0 aromatic rings. The second kappa shape index (κ2) is 7.23. The summed E-state index contributed by atoms with van der Waals surface area (Å²) >= 11 is 0. The fraction of sp³-hybridized carbons (Fsp3) is 0.833. The predicted octanol–water partition coefficient (Wildman–Crippen LogP) is 0.0280. The summed E-state index contributed by atoms with van der Waals surface area (Å²) in [5.74, 6) is -15.4. The molecule has 0 saturated heterocycles. The zero-order valence-electron chi connectivity index (χ0n) is 12.5. The van der Waals surface area contributed by atoms with Gasteiger partial charge in [-0.1, -0.05) is 0 Å². The van der Waals surface area contributed by atoms with E-state index in [0.717, 1.165) is 27.7 Å². The van der Waals surface area contributed by atoms with E-state index in [-0.39, 0.29) is 0 Å². The van der Waals surface area contributed by atoms with Crippen LogP contribution in [0.4, 0.5) is 17.6 Å². The molecule has 0 aromatic carbocycles. The molecule has 0 aliphatic rings. The van der Waals surface area contributed by atoms with Crippen molar-refractivity contribution in [3.05, 3.63) is 0 Å². The van der Waals surface area contributed by atoms with Crippen molar-refractivity contribution in [2.75, 3.05) is 0 Å². The molecule has 4 N–H and O–H groups in total. The average molecular weight is 332 g/mol. The van der Waals surface area contributed by atoms with Crippen molar-refractivity contribution < 1.29 is 37.4 Å². The number of amides is 2. The normalized spacial score (nSPS) is 18.1. The Hall–Kier alpha value is -1.42. The number of hydrogen-bond donors (Lipinski definition) is 4. The van der Waals surface area contributed by atoms with Gasteiger partial charge in [0.15, 0.2) is 0 Å². The zero-order chi connectivity index (χ0) is 17.9. The van der Waals surface area contributed by atoms with E-state index in [1.807, 2.05) is 0 Å². The first kappa shape index (κ1) is 20.6. The lowest BCUT2D eigenvalue weighted by atomic mass is 10.1. The summed E-state index contributed by atoms with van der Waals surface area (Å²) in [4.78, 5) is 22.5. The summed E-state index contributed by atoms with van der Waals surface area (Å²) in [5.41, 5.74) is 0. The first-order valence-electron chi connectivity index (χ1n) is 6.48. The average Bonchev–Trinajstić information content (AvgIpc) is 2.37. The molecule has 0 fully saturated rings. The SMILES string of the molecule is CC(O)C(C)NC(=O)C(F)(F)C(F)(F)C(=O)NC(C)C(C)O. The van der Waals surface area contributed by atoms with Gasteiger partial charge in [0.25, 0.3) is 11.8 Å². The Morgan fingerprint density at radius 3 is 1.18 bits per heavy atom. The van der Waals surface area contributed by atoms with Crippen LogP contribution in [0.2, 0.25) is 0 Å². The van der Waals surface area contributed by atoms with Crippen LogP contribution in [0.3, 0.4) is 0 Å². The van der Waals surface area contributed by atoms with Crippen LogP contribution in [-0.4, -0.2) is 58.2 Å². The molecule has 130 valence electrons. The number of hydrogen-bond acceptors (Lipinski definition) is 4. The number of aliphatic hydroxyl groups is 2. The number of rotatable bonds is 7. The van der Waals surface area contributed by atoms with Crippen molar-refractivity contribution in [1.29, 1.82) is 0 Å². The number of nitrogens with one attached hydrogen (secondary N) is 2. The Morgan fingerprint density at radius 1 is 0.773 bits per heavy atom. The Labute approximate surface area is 124 Å². The second-order valence-electron chi connectivity index (χ2n) is 5.15. The minimum Gasteiger partial charge on any atom is -0.391 e. The zero-order valence-corrected chi connectivity index (χ0v) is 12.5. The molecule has 0 aromatic heterocycles. The quantitative estimate of drug-likeness (QED) is 0.494. The monoisotopic (exact) mass is 332 g/mol. The van der Waals surface area contributed by atoms with Crippen molar-refractivity contribution in [3.8, 4) is 0 Å².